The highest BCUT2D eigenvalue weighted by molar-refractivity contribution is 7.98. The van der Waals surface area contributed by atoms with Crippen molar-refractivity contribution in [3.63, 3.8) is 0 Å². The Morgan fingerprint density at radius 2 is 1.92 bits per heavy atom. The van der Waals surface area contributed by atoms with Gasteiger partial charge in [-0.05, 0) is 48.7 Å². The molecule has 2 rings (SSSR count). The van der Waals surface area contributed by atoms with Crippen LogP contribution in [0.1, 0.15) is 24.5 Å². The SMILES string of the molecule is CC[C@@H](Oc1ccc(F)cc1)C(=O)NCCSCc1ccccc1C. The Bertz CT molecular complexity index is 676. The Balaban J connectivity index is 1.71. The summed E-state index contributed by atoms with van der Waals surface area (Å²) in [5, 5.41) is 2.91. The van der Waals surface area contributed by atoms with Crippen LogP contribution in [0.25, 0.3) is 0 Å². The molecule has 1 N–H and O–H groups in total. The smallest absolute Gasteiger partial charge is 0.261 e. The van der Waals surface area contributed by atoms with Gasteiger partial charge in [0.25, 0.3) is 5.91 Å². The van der Waals surface area contributed by atoms with E-state index in [9.17, 15) is 9.18 Å². The van der Waals surface area contributed by atoms with Crippen molar-refractivity contribution in [1.29, 1.82) is 0 Å². The molecule has 0 fully saturated rings. The van der Waals surface area contributed by atoms with E-state index >= 15 is 0 Å². The Morgan fingerprint density at radius 1 is 1.20 bits per heavy atom. The molecule has 0 saturated carbocycles. The van der Waals surface area contributed by atoms with Crippen LogP contribution in [-0.4, -0.2) is 24.3 Å². The van der Waals surface area contributed by atoms with Crippen LogP contribution in [0.2, 0.25) is 0 Å². The summed E-state index contributed by atoms with van der Waals surface area (Å²) in [6, 6.07) is 14.0. The quantitative estimate of drug-likeness (QED) is 0.675. The van der Waals surface area contributed by atoms with Crippen LogP contribution >= 0.6 is 11.8 Å². The van der Waals surface area contributed by atoms with Crippen LogP contribution in [0.3, 0.4) is 0 Å². The highest BCUT2D eigenvalue weighted by atomic mass is 32.2. The summed E-state index contributed by atoms with van der Waals surface area (Å²) in [7, 11) is 0. The number of rotatable bonds is 9. The number of thioether (sulfide) groups is 1. The summed E-state index contributed by atoms with van der Waals surface area (Å²) in [6.07, 6.45) is -0.00800. The summed E-state index contributed by atoms with van der Waals surface area (Å²) < 4.78 is 18.6. The summed E-state index contributed by atoms with van der Waals surface area (Å²) in [5.74, 6) is 1.81. The average molecular weight is 361 g/mol. The first-order valence-electron chi connectivity index (χ1n) is 8.42. The van der Waals surface area contributed by atoms with Crippen LogP contribution < -0.4 is 10.1 Å². The molecular formula is C20H24FNO2S. The van der Waals surface area contributed by atoms with Crippen molar-refractivity contribution in [2.75, 3.05) is 12.3 Å². The number of halogens is 1. The predicted octanol–water partition coefficient (Wildman–Crippen LogP) is 4.34. The maximum Gasteiger partial charge on any atom is 0.261 e. The van der Waals surface area contributed by atoms with Gasteiger partial charge in [-0.25, -0.2) is 4.39 Å². The number of carbonyl (C=O) groups excluding carboxylic acids is 1. The number of carbonyl (C=O) groups is 1. The van der Waals surface area contributed by atoms with Crippen LogP contribution in [-0.2, 0) is 10.5 Å². The molecule has 1 amide bonds. The molecule has 3 nitrogen and oxygen atoms in total. The Morgan fingerprint density at radius 3 is 2.60 bits per heavy atom. The topological polar surface area (TPSA) is 38.3 Å². The lowest BCUT2D eigenvalue weighted by Gasteiger charge is -2.17. The van der Waals surface area contributed by atoms with Gasteiger partial charge in [0.15, 0.2) is 6.10 Å². The maximum absolute atomic E-state index is 12.9. The van der Waals surface area contributed by atoms with Crippen molar-refractivity contribution in [3.8, 4) is 5.75 Å². The number of nitrogens with one attached hydrogen (secondary N) is 1. The summed E-state index contributed by atoms with van der Waals surface area (Å²) >= 11 is 1.79. The Hall–Kier alpha value is -2.01. The second-order valence-electron chi connectivity index (χ2n) is 5.74. The summed E-state index contributed by atoms with van der Waals surface area (Å²) in [5.41, 5.74) is 2.61. The fourth-order valence-electron chi connectivity index (χ4n) is 2.31. The Labute approximate surface area is 153 Å². The van der Waals surface area contributed by atoms with E-state index in [2.05, 4.69) is 24.4 Å². The lowest BCUT2D eigenvalue weighted by molar-refractivity contribution is -0.127. The molecular weight excluding hydrogens is 337 g/mol. The largest absolute Gasteiger partial charge is 0.481 e. The van der Waals surface area contributed by atoms with Crippen molar-refractivity contribution >= 4 is 17.7 Å². The first kappa shape index (κ1) is 19.3. The molecule has 5 heteroatoms. The zero-order valence-electron chi connectivity index (χ0n) is 14.6. The maximum atomic E-state index is 12.9. The summed E-state index contributed by atoms with van der Waals surface area (Å²) in [4.78, 5) is 12.2. The molecule has 2 aromatic rings. The van der Waals surface area contributed by atoms with E-state index in [1.54, 1.807) is 11.8 Å². The zero-order valence-corrected chi connectivity index (χ0v) is 15.4. The molecule has 0 radical (unpaired) electrons. The highest BCUT2D eigenvalue weighted by Crippen LogP contribution is 2.16. The van der Waals surface area contributed by atoms with Gasteiger partial charge >= 0.3 is 0 Å². The van der Waals surface area contributed by atoms with Gasteiger partial charge in [-0.1, -0.05) is 31.2 Å². The standard InChI is InChI=1S/C20H24FNO2S/c1-3-19(24-18-10-8-17(21)9-11-18)20(23)22-12-13-25-14-16-7-5-4-6-15(16)2/h4-11,19H,3,12-14H2,1-2H3,(H,22,23)/t19-/m1/s1. The lowest BCUT2D eigenvalue weighted by atomic mass is 10.1. The third kappa shape index (κ3) is 6.42. The van der Waals surface area contributed by atoms with Crippen molar-refractivity contribution < 1.29 is 13.9 Å². The fourth-order valence-corrected chi connectivity index (χ4v) is 3.25. The Kier molecular flexibility index (Phi) is 7.79. The molecule has 0 bridgehead atoms. The molecule has 0 aromatic heterocycles. The monoisotopic (exact) mass is 361 g/mol. The van der Waals surface area contributed by atoms with E-state index in [1.165, 1.54) is 35.4 Å². The second kappa shape index (κ2) is 10.1. The van der Waals surface area contributed by atoms with Crippen molar-refractivity contribution in [1.82, 2.24) is 5.32 Å². The van der Waals surface area contributed by atoms with E-state index in [4.69, 9.17) is 4.74 Å². The molecule has 134 valence electrons. The van der Waals surface area contributed by atoms with E-state index < -0.39 is 6.10 Å². The third-order valence-corrected chi connectivity index (χ3v) is 4.83. The minimum Gasteiger partial charge on any atom is -0.481 e. The number of hydrogen-bond donors (Lipinski definition) is 1. The molecule has 0 unspecified atom stereocenters. The van der Waals surface area contributed by atoms with Gasteiger partial charge in [0, 0.05) is 18.1 Å². The molecule has 0 saturated heterocycles. The molecule has 0 aliphatic carbocycles. The van der Waals surface area contributed by atoms with Crippen LogP contribution in [0.15, 0.2) is 48.5 Å². The molecule has 0 spiro atoms. The minimum atomic E-state index is -0.563. The molecule has 0 heterocycles. The minimum absolute atomic E-state index is 0.136. The second-order valence-corrected chi connectivity index (χ2v) is 6.84. The number of amides is 1. The van der Waals surface area contributed by atoms with Gasteiger partial charge in [0.1, 0.15) is 11.6 Å². The molecule has 25 heavy (non-hydrogen) atoms. The lowest BCUT2D eigenvalue weighted by Crippen LogP contribution is -2.39. The molecule has 2 aromatic carbocycles. The van der Waals surface area contributed by atoms with Crippen LogP contribution in [0.4, 0.5) is 4.39 Å². The van der Waals surface area contributed by atoms with Crippen LogP contribution in [0, 0.1) is 12.7 Å². The van der Waals surface area contributed by atoms with E-state index in [0.717, 1.165) is 11.5 Å². The van der Waals surface area contributed by atoms with Crippen molar-refractivity contribution in [3.05, 3.63) is 65.5 Å². The number of aryl methyl sites for hydroxylation is 1. The third-order valence-electron chi connectivity index (χ3n) is 3.82. The van der Waals surface area contributed by atoms with Gasteiger partial charge in [-0.15, -0.1) is 0 Å². The van der Waals surface area contributed by atoms with E-state index in [-0.39, 0.29) is 11.7 Å². The average Bonchev–Trinajstić information content (AvgIpc) is 2.62. The van der Waals surface area contributed by atoms with Gasteiger partial charge < -0.3 is 10.1 Å². The van der Waals surface area contributed by atoms with E-state index in [1.807, 2.05) is 19.1 Å². The van der Waals surface area contributed by atoms with Gasteiger partial charge in [-0.3, -0.25) is 4.79 Å². The predicted molar refractivity (Wildman–Crippen MR) is 101 cm³/mol. The van der Waals surface area contributed by atoms with Crippen LogP contribution in [0.5, 0.6) is 5.75 Å². The first-order valence-corrected chi connectivity index (χ1v) is 9.57. The van der Waals surface area contributed by atoms with Gasteiger partial charge in [0.2, 0.25) is 0 Å². The number of hydrogen-bond acceptors (Lipinski definition) is 3. The fraction of sp³-hybridized carbons (Fsp3) is 0.350. The normalized spacial score (nSPS) is 11.8. The number of ether oxygens (including phenoxy) is 1. The molecule has 0 aliphatic rings. The highest BCUT2D eigenvalue weighted by Gasteiger charge is 2.17. The summed E-state index contributed by atoms with van der Waals surface area (Å²) in [6.45, 7) is 4.59. The molecule has 0 aliphatic heterocycles. The van der Waals surface area contributed by atoms with E-state index in [0.29, 0.717) is 18.7 Å². The van der Waals surface area contributed by atoms with Crippen molar-refractivity contribution in [2.45, 2.75) is 32.1 Å². The zero-order chi connectivity index (χ0) is 18.1. The first-order chi connectivity index (χ1) is 12.1. The number of benzene rings is 2. The van der Waals surface area contributed by atoms with Gasteiger partial charge in [0.05, 0.1) is 0 Å². The van der Waals surface area contributed by atoms with Crippen molar-refractivity contribution in [2.24, 2.45) is 0 Å². The molecule has 1 atom stereocenters. The van der Waals surface area contributed by atoms with Gasteiger partial charge in [-0.2, -0.15) is 11.8 Å².